The van der Waals surface area contributed by atoms with Crippen LogP contribution in [-0.2, 0) is 0 Å². The van der Waals surface area contributed by atoms with Crippen LogP contribution >= 0.6 is 0 Å². The summed E-state index contributed by atoms with van der Waals surface area (Å²) in [4.78, 5) is 14.3. The van der Waals surface area contributed by atoms with Crippen LogP contribution in [0.3, 0.4) is 0 Å². The van der Waals surface area contributed by atoms with Crippen molar-refractivity contribution in [1.82, 2.24) is 14.9 Å². The second-order valence-corrected chi connectivity index (χ2v) is 7.36. The van der Waals surface area contributed by atoms with Gasteiger partial charge in [0.2, 0.25) is 0 Å². The number of rotatable bonds is 5. The molecule has 140 valence electrons. The molecule has 2 aromatic rings. The number of aryl methyl sites for hydroxylation is 1. The monoisotopic (exact) mass is 354 g/mol. The first-order valence-corrected chi connectivity index (χ1v) is 9.46. The molecular weight excluding hydrogens is 324 g/mol. The van der Waals surface area contributed by atoms with Crippen molar-refractivity contribution in [3.05, 3.63) is 47.4 Å². The van der Waals surface area contributed by atoms with E-state index in [1.165, 1.54) is 5.56 Å². The third-order valence-corrected chi connectivity index (χ3v) is 5.14. The van der Waals surface area contributed by atoms with Crippen LogP contribution in [0.25, 0.3) is 0 Å². The van der Waals surface area contributed by atoms with Crippen LogP contribution < -0.4 is 9.64 Å². The summed E-state index contributed by atoms with van der Waals surface area (Å²) in [6, 6.07) is 10.9. The van der Waals surface area contributed by atoms with E-state index in [9.17, 15) is 0 Å². The first kappa shape index (κ1) is 18.6. The molecule has 1 aromatic carbocycles. The highest BCUT2D eigenvalue weighted by Crippen LogP contribution is 2.26. The molecule has 0 N–H and O–H groups in total. The fourth-order valence-electron chi connectivity index (χ4n) is 3.45. The molecule has 0 saturated carbocycles. The number of piperazine rings is 1. The average Bonchev–Trinajstić information content (AvgIpc) is 2.67. The third kappa shape index (κ3) is 4.15. The van der Waals surface area contributed by atoms with Crippen molar-refractivity contribution < 1.29 is 4.74 Å². The van der Waals surface area contributed by atoms with Gasteiger partial charge in [0.05, 0.1) is 7.11 Å². The summed E-state index contributed by atoms with van der Waals surface area (Å²) in [5, 5.41) is 0. The molecule has 0 bridgehead atoms. The van der Waals surface area contributed by atoms with Crippen molar-refractivity contribution in [2.75, 3.05) is 38.2 Å². The number of hydrogen-bond acceptors (Lipinski definition) is 5. The van der Waals surface area contributed by atoms with Crippen molar-refractivity contribution in [3.63, 3.8) is 0 Å². The van der Waals surface area contributed by atoms with Gasteiger partial charge < -0.3 is 9.64 Å². The van der Waals surface area contributed by atoms with Gasteiger partial charge in [0.15, 0.2) is 0 Å². The standard InChI is InChI=1S/C21H30N4O/c1-15(2)21-22-16(3)13-20(23-21)25-11-9-24(10-12-25)17(4)18-7-6-8-19(14-18)26-5/h6-8,13-15,17H,9-12H2,1-5H3. The largest absolute Gasteiger partial charge is 0.497 e. The summed E-state index contributed by atoms with van der Waals surface area (Å²) in [5.74, 6) is 3.27. The Balaban J connectivity index is 1.67. The van der Waals surface area contributed by atoms with Gasteiger partial charge in [-0.1, -0.05) is 26.0 Å². The molecule has 5 heteroatoms. The van der Waals surface area contributed by atoms with Crippen molar-refractivity contribution in [3.8, 4) is 5.75 Å². The molecule has 0 aliphatic carbocycles. The predicted octanol–water partition coefficient (Wildman–Crippen LogP) is 3.80. The first-order valence-electron chi connectivity index (χ1n) is 9.46. The zero-order valence-electron chi connectivity index (χ0n) is 16.6. The molecule has 26 heavy (non-hydrogen) atoms. The van der Waals surface area contributed by atoms with Gasteiger partial charge in [0.1, 0.15) is 17.4 Å². The van der Waals surface area contributed by atoms with E-state index in [0.717, 1.165) is 49.3 Å². The van der Waals surface area contributed by atoms with Gasteiger partial charge in [-0.05, 0) is 31.5 Å². The molecule has 5 nitrogen and oxygen atoms in total. The highest BCUT2D eigenvalue weighted by molar-refractivity contribution is 5.41. The van der Waals surface area contributed by atoms with E-state index in [-0.39, 0.29) is 0 Å². The van der Waals surface area contributed by atoms with Gasteiger partial charge in [0.25, 0.3) is 0 Å². The molecule has 2 heterocycles. The summed E-state index contributed by atoms with van der Waals surface area (Å²) >= 11 is 0. The predicted molar refractivity (Wildman–Crippen MR) is 106 cm³/mol. The summed E-state index contributed by atoms with van der Waals surface area (Å²) in [6.45, 7) is 12.6. The minimum Gasteiger partial charge on any atom is -0.497 e. The maximum absolute atomic E-state index is 5.37. The Bertz CT molecular complexity index is 739. The van der Waals surface area contributed by atoms with Crippen molar-refractivity contribution in [2.45, 2.75) is 39.7 Å². The smallest absolute Gasteiger partial charge is 0.133 e. The Morgan fingerprint density at radius 3 is 2.38 bits per heavy atom. The molecule has 1 unspecified atom stereocenters. The van der Waals surface area contributed by atoms with E-state index in [1.807, 2.05) is 6.07 Å². The molecule has 1 aliphatic heterocycles. The quantitative estimate of drug-likeness (QED) is 0.817. The van der Waals surface area contributed by atoms with Crippen LogP contribution in [0, 0.1) is 6.92 Å². The topological polar surface area (TPSA) is 41.5 Å². The SMILES string of the molecule is COc1cccc(C(C)N2CCN(c3cc(C)nc(C(C)C)n3)CC2)c1. The number of nitrogens with zero attached hydrogens (tertiary/aromatic N) is 4. The summed E-state index contributed by atoms with van der Waals surface area (Å²) in [6.07, 6.45) is 0. The van der Waals surface area contributed by atoms with Gasteiger partial charge in [0, 0.05) is 49.9 Å². The third-order valence-electron chi connectivity index (χ3n) is 5.14. The Morgan fingerprint density at radius 2 is 1.73 bits per heavy atom. The summed E-state index contributed by atoms with van der Waals surface area (Å²) in [5.41, 5.74) is 2.35. The van der Waals surface area contributed by atoms with E-state index in [1.54, 1.807) is 7.11 Å². The minimum absolute atomic E-state index is 0.350. The van der Waals surface area contributed by atoms with Gasteiger partial charge in [-0.2, -0.15) is 0 Å². The average molecular weight is 354 g/mol. The van der Waals surface area contributed by atoms with E-state index in [0.29, 0.717) is 12.0 Å². The number of hydrogen-bond donors (Lipinski definition) is 0. The molecule has 1 aliphatic rings. The van der Waals surface area contributed by atoms with E-state index in [4.69, 9.17) is 9.72 Å². The molecule has 1 fully saturated rings. The minimum atomic E-state index is 0.350. The Kier molecular flexibility index (Phi) is 5.77. The van der Waals surface area contributed by atoms with Gasteiger partial charge >= 0.3 is 0 Å². The van der Waals surface area contributed by atoms with Crippen molar-refractivity contribution in [1.29, 1.82) is 0 Å². The van der Waals surface area contributed by atoms with Crippen molar-refractivity contribution in [2.24, 2.45) is 0 Å². The zero-order chi connectivity index (χ0) is 18.7. The Hall–Kier alpha value is -2.14. The number of aromatic nitrogens is 2. The zero-order valence-corrected chi connectivity index (χ0v) is 16.6. The van der Waals surface area contributed by atoms with Crippen LogP contribution in [0.15, 0.2) is 30.3 Å². The maximum Gasteiger partial charge on any atom is 0.133 e. The fraction of sp³-hybridized carbons (Fsp3) is 0.524. The first-order chi connectivity index (χ1) is 12.5. The van der Waals surface area contributed by atoms with Crippen molar-refractivity contribution >= 4 is 5.82 Å². The molecule has 0 amide bonds. The lowest BCUT2D eigenvalue weighted by atomic mass is 10.1. The molecule has 0 spiro atoms. The summed E-state index contributed by atoms with van der Waals surface area (Å²) < 4.78 is 5.37. The van der Waals surface area contributed by atoms with Gasteiger partial charge in [-0.15, -0.1) is 0 Å². The normalized spacial score (nSPS) is 16.8. The molecule has 3 rings (SSSR count). The van der Waals surface area contributed by atoms with E-state index < -0.39 is 0 Å². The Labute approximate surface area is 157 Å². The molecular formula is C21H30N4O. The van der Waals surface area contributed by atoms with Crippen LogP contribution in [0.5, 0.6) is 5.75 Å². The highest BCUT2D eigenvalue weighted by atomic mass is 16.5. The lowest BCUT2D eigenvalue weighted by Crippen LogP contribution is -2.47. The Morgan fingerprint density at radius 1 is 1.00 bits per heavy atom. The lowest BCUT2D eigenvalue weighted by Gasteiger charge is -2.39. The second-order valence-electron chi connectivity index (χ2n) is 7.36. The molecule has 1 atom stereocenters. The van der Waals surface area contributed by atoms with Crippen LogP contribution in [0.2, 0.25) is 0 Å². The molecule has 1 saturated heterocycles. The number of benzene rings is 1. The second kappa shape index (κ2) is 8.04. The van der Waals surface area contributed by atoms with Crippen LogP contribution in [-0.4, -0.2) is 48.2 Å². The number of methoxy groups -OCH3 is 1. The summed E-state index contributed by atoms with van der Waals surface area (Å²) in [7, 11) is 1.72. The van der Waals surface area contributed by atoms with Gasteiger partial charge in [-0.3, -0.25) is 4.90 Å². The lowest BCUT2D eigenvalue weighted by molar-refractivity contribution is 0.198. The molecule has 0 radical (unpaired) electrons. The fourth-order valence-corrected chi connectivity index (χ4v) is 3.45. The van der Waals surface area contributed by atoms with E-state index in [2.05, 4.69) is 66.7 Å². The van der Waals surface area contributed by atoms with Crippen LogP contribution in [0.1, 0.15) is 49.8 Å². The maximum atomic E-state index is 5.37. The number of anilines is 1. The number of ether oxygens (including phenoxy) is 1. The highest BCUT2D eigenvalue weighted by Gasteiger charge is 2.23. The molecule has 1 aromatic heterocycles. The van der Waals surface area contributed by atoms with Gasteiger partial charge in [-0.25, -0.2) is 9.97 Å². The van der Waals surface area contributed by atoms with Crippen LogP contribution in [0.4, 0.5) is 5.82 Å². The van der Waals surface area contributed by atoms with E-state index >= 15 is 0 Å².